The maximum Gasteiger partial charge on any atom is 0.169 e. The summed E-state index contributed by atoms with van der Waals surface area (Å²) in [6.45, 7) is 3.99. The lowest BCUT2D eigenvalue weighted by Crippen LogP contribution is -2.47. The number of hydrogen-bond acceptors (Lipinski definition) is 5. The summed E-state index contributed by atoms with van der Waals surface area (Å²) in [5, 5.41) is 2.58. The fraction of sp³-hybridized carbons (Fsp3) is 0.571. The number of rotatable bonds is 5. The van der Waals surface area contributed by atoms with E-state index in [-0.39, 0.29) is 5.82 Å². The fourth-order valence-corrected chi connectivity index (χ4v) is 5.24. The smallest absolute Gasteiger partial charge is 0.169 e. The molecule has 1 saturated heterocycles. The van der Waals surface area contributed by atoms with Gasteiger partial charge in [0, 0.05) is 36.5 Å². The van der Waals surface area contributed by atoms with E-state index in [0.29, 0.717) is 24.5 Å². The van der Waals surface area contributed by atoms with Crippen LogP contribution in [0.15, 0.2) is 18.2 Å². The Bertz CT molecular complexity index is 593. The predicted molar refractivity (Wildman–Crippen MR) is 87.1 cm³/mol. The average Bonchev–Trinajstić information content (AvgIpc) is 2.43. The second-order valence-corrected chi connectivity index (χ2v) is 8.50. The highest BCUT2D eigenvalue weighted by molar-refractivity contribution is 8.01. The molecule has 1 heterocycles. The first-order valence-corrected chi connectivity index (χ1v) is 10.1. The summed E-state index contributed by atoms with van der Waals surface area (Å²) < 4.78 is 37.7. The molecule has 1 aromatic rings. The number of nitrogens with one attached hydrogen (secondary N) is 1. The number of sulfone groups is 1. The molecule has 0 spiro atoms. The van der Waals surface area contributed by atoms with Crippen LogP contribution in [-0.2, 0) is 16.4 Å². The second kappa shape index (κ2) is 6.98. The minimum Gasteiger partial charge on any atom is -0.353 e. The van der Waals surface area contributed by atoms with Crippen molar-refractivity contribution < 1.29 is 12.8 Å². The van der Waals surface area contributed by atoms with Crippen LogP contribution in [0.4, 0.5) is 10.1 Å². The molecule has 1 aliphatic heterocycles. The van der Waals surface area contributed by atoms with Crippen LogP contribution in [0.3, 0.4) is 0 Å². The van der Waals surface area contributed by atoms with Crippen molar-refractivity contribution in [2.45, 2.75) is 18.8 Å². The Labute approximate surface area is 130 Å². The van der Waals surface area contributed by atoms with Gasteiger partial charge in [0.1, 0.15) is 11.2 Å². The van der Waals surface area contributed by atoms with Crippen LogP contribution in [-0.4, -0.2) is 44.6 Å². The highest BCUT2D eigenvalue weighted by Crippen LogP contribution is 2.28. The average molecular weight is 332 g/mol. The zero-order valence-corrected chi connectivity index (χ0v) is 13.9. The third-order valence-electron chi connectivity index (χ3n) is 3.43. The summed E-state index contributed by atoms with van der Waals surface area (Å²) in [4.78, 5) is 1.81. The van der Waals surface area contributed by atoms with E-state index in [4.69, 9.17) is 0 Å². The molecule has 1 unspecified atom stereocenters. The maximum atomic E-state index is 13.8. The summed E-state index contributed by atoms with van der Waals surface area (Å²) in [5.41, 5.74) is 1.48. The van der Waals surface area contributed by atoms with Crippen LogP contribution >= 0.6 is 11.8 Å². The molecule has 1 atom stereocenters. The van der Waals surface area contributed by atoms with Gasteiger partial charge in [-0.2, -0.15) is 11.8 Å². The third-order valence-corrected chi connectivity index (χ3v) is 6.08. The van der Waals surface area contributed by atoms with Gasteiger partial charge in [0.25, 0.3) is 0 Å². The van der Waals surface area contributed by atoms with Crippen LogP contribution in [0.2, 0.25) is 0 Å². The van der Waals surface area contributed by atoms with E-state index < -0.39 is 15.2 Å². The second-order valence-electron chi connectivity index (χ2n) is 5.15. The molecule has 2 rings (SSSR count). The Balaban J connectivity index is 2.32. The molecule has 0 radical (unpaired) electrons. The van der Waals surface area contributed by atoms with Crippen molar-refractivity contribution in [1.29, 1.82) is 0 Å². The van der Waals surface area contributed by atoms with Crippen molar-refractivity contribution in [3.05, 3.63) is 29.6 Å². The van der Waals surface area contributed by atoms with E-state index >= 15 is 0 Å². The Morgan fingerprint density at radius 2 is 2.19 bits per heavy atom. The topological polar surface area (TPSA) is 49.4 Å². The fourth-order valence-electron chi connectivity index (χ4n) is 2.40. The highest BCUT2D eigenvalue weighted by atomic mass is 32.2. The summed E-state index contributed by atoms with van der Waals surface area (Å²) in [6, 6.07) is 4.78. The van der Waals surface area contributed by atoms with Crippen LogP contribution in [0, 0.1) is 5.82 Å². The molecule has 1 aliphatic rings. The number of thioether (sulfide) groups is 1. The molecule has 118 valence electrons. The monoisotopic (exact) mass is 332 g/mol. The quantitative estimate of drug-likeness (QED) is 0.892. The lowest BCUT2D eigenvalue weighted by atomic mass is 10.1. The van der Waals surface area contributed by atoms with Crippen LogP contribution in [0.5, 0.6) is 0 Å². The molecular weight excluding hydrogens is 311 g/mol. The summed E-state index contributed by atoms with van der Waals surface area (Å²) in [7, 11) is -3.20. The van der Waals surface area contributed by atoms with Gasteiger partial charge in [-0.25, -0.2) is 12.8 Å². The molecule has 0 saturated carbocycles. The Hall–Kier alpha value is -0.790. The lowest BCUT2D eigenvalue weighted by molar-refractivity contribution is 0.583. The number of benzene rings is 1. The number of nitrogens with zero attached hydrogens (tertiary/aromatic N) is 1. The van der Waals surface area contributed by atoms with Gasteiger partial charge in [-0.15, -0.1) is 0 Å². The molecule has 1 N–H and O–H groups in total. The van der Waals surface area contributed by atoms with E-state index in [1.54, 1.807) is 11.8 Å². The minimum atomic E-state index is -3.20. The third kappa shape index (κ3) is 4.34. The highest BCUT2D eigenvalue weighted by Gasteiger charge is 2.31. The van der Waals surface area contributed by atoms with Crippen molar-refractivity contribution in [2.75, 3.05) is 35.8 Å². The first-order valence-electron chi connectivity index (χ1n) is 6.95. The molecule has 4 nitrogen and oxygen atoms in total. The predicted octanol–water partition coefficient (Wildman–Crippen LogP) is 1.86. The molecule has 1 aromatic carbocycles. The van der Waals surface area contributed by atoms with E-state index in [0.717, 1.165) is 17.9 Å². The van der Waals surface area contributed by atoms with Crippen LogP contribution in [0.1, 0.15) is 12.5 Å². The molecule has 1 fully saturated rings. The van der Waals surface area contributed by atoms with Crippen molar-refractivity contribution in [3.8, 4) is 0 Å². The molecule has 0 aromatic heterocycles. The molecule has 0 amide bonds. The zero-order chi connectivity index (χ0) is 15.5. The van der Waals surface area contributed by atoms with E-state index in [2.05, 4.69) is 5.32 Å². The normalized spacial score (nSPS) is 19.8. The largest absolute Gasteiger partial charge is 0.353 e. The number of halogens is 1. The van der Waals surface area contributed by atoms with Crippen molar-refractivity contribution >= 4 is 27.3 Å². The Morgan fingerprint density at radius 3 is 2.86 bits per heavy atom. The standard InChI is InChI=1S/C14H21FN2O2S2/c1-3-16-9-11-6-12(15)8-13(7-11)17-4-5-20-10-14(17)21(2,18)19/h6-8,14,16H,3-5,9-10H2,1-2H3. The summed E-state index contributed by atoms with van der Waals surface area (Å²) in [6.07, 6.45) is 1.25. The Morgan fingerprint density at radius 1 is 1.43 bits per heavy atom. The number of anilines is 1. The molecule has 0 bridgehead atoms. The zero-order valence-electron chi connectivity index (χ0n) is 12.3. The molecule has 0 aliphatic carbocycles. The van der Waals surface area contributed by atoms with Gasteiger partial charge in [0.15, 0.2) is 9.84 Å². The SMILES string of the molecule is CCNCc1cc(F)cc(N2CCSCC2S(C)(=O)=O)c1. The van der Waals surface area contributed by atoms with Gasteiger partial charge in [0.2, 0.25) is 0 Å². The summed E-state index contributed by atoms with van der Waals surface area (Å²) in [5.74, 6) is 1.05. The first-order chi connectivity index (χ1) is 9.91. The van der Waals surface area contributed by atoms with Crippen LogP contribution in [0.25, 0.3) is 0 Å². The lowest BCUT2D eigenvalue weighted by Gasteiger charge is -2.36. The van der Waals surface area contributed by atoms with Gasteiger partial charge in [-0.3, -0.25) is 0 Å². The number of hydrogen-bond donors (Lipinski definition) is 1. The molecule has 21 heavy (non-hydrogen) atoms. The van der Waals surface area contributed by atoms with Gasteiger partial charge in [0.05, 0.1) is 0 Å². The van der Waals surface area contributed by atoms with Crippen molar-refractivity contribution in [3.63, 3.8) is 0 Å². The van der Waals surface area contributed by atoms with Crippen molar-refractivity contribution in [1.82, 2.24) is 5.32 Å². The van der Waals surface area contributed by atoms with Crippen molar-refractivity contribution in [2.24, 2.45) is 0 Å². The van der Waals surface area contributed by atoms with Gasteiger partial charge < -0.3 is 10.2 Å². The van der Waals surface area contributed by atoms with E-state index in [1.807, 2.05) is 17.9 Å². The summed E-state index contributed by atoms with van der Waals surface area (Å²) >= 11 is 1.62. The van der Waals surface area contributed by atoms with E-state index in [1.165, 1.54) is 18.4 Å². The molecular formula is C14H21FN2O2S2. The van der Waals surface area contributed by atoms with E-state index in [9.17, 15) is 12.8 Å². The minimum absolute atomic E-state index is 0.328. The maximum absolute atomic E-state index is 13.8. The van der Waals surface area contributed by atoms with Gasteiger partial charge in [-0.1, -0.05) is 6.92 Å². The first kappa shape index (κ1) is 16.6. The van der Waals surface area contributed by atoms with Crippen LogP contribution < -0.4 is 10.2 Å². The van der Waals surface area contributed by atoms with Gasteiger partial charge >= 0.3 is 0 Å². The Kier molecular flexibility index (Phi) is 5.51. The van der Waals surface area contributed by atoms with Gasteiger partial charge in [-0.05, 0) is 30.3 Å². The molecule has 7 heteroatoms.